The van der Waals surface area contributed by atoms with Crippen LogP contribution in [-0.4, -0.2) is 36.1 Å². The van der Waals surface area contributed by atoms with Crippen LogP contribution in [0.3, 0.4) is 0 Å². The van der Waals surface area contributed by atoms with Crippen LogP contribution in [0.1, 0.15) is 25.3 Å². The average Bonchev–Trinajstić information content (AvgIpc) is 2.55. The highest BCUT2D eigenvalue weighted by atomic mass is 35.5. The van der Waals surface area contributed by atoms with Crippen LogP contribution in [0.2, 0.25) is 5.02 Å². The fraction of sp³-hybridized carbons (Fsp3) is 0.500. The molecule has 2 aromatic rings. The summed E-state index contributed by atoms with van der Waals surface area (Å²) in [6, 6.07) is 7.53. The number of rotatable bonds is 5. The van der Waals surface area contributed by atoms with Crippen LogP contribution in [0.15, 0.2) is 29.1 Å². The van der Waals surface area contributed by atoms with E-state index >= 15 is 0 Å². The molecule has 2 N–H and O–H groups in total. The number of fused-ring (bicyclic) bond motifs is 1. The summed E-state index contributed by atoms with van der Waals surface area (Å²) in [6.07, 6.45) is 2.55. The third kappa shape index (κ3) is 4.14. The monoisotopic (exact) mass is 333 g/mol. The van der Waals surface area contributed by atoms with Gasteiger partial charge in [0.15, 0.2) is 0 Å². The number of H-pyrrole nitrogens is 1. The van der Waals surface area contributed by atoms with E-state index in [1.807, 2.05) is 18.2 Å². The van der Waals surface area contributed by atoms with Gasteiger partial charge >= 0.3 is 0 Å². The summed E-state index contributed by atoms with van der Waals surface area (Å²) >= 11 is 5.97. The smallest absolute Gasteiger partial charge is 0.252 e. The SMILES string of the molecule is CCN1CCCC(CNCc2cc3ccc(Cl)cc3[nH]c2=O)C1. The largest absolute Gasteiger partial charge is 0.322 e. The molecular weight excluding hydrogens is 310 g/mol. The number of aromatic nitrogens is 1. The van der Waals surface area contributed by atoms with E-state index in [1.165, 1.54) is 19.4 Å². The molecule has 1 saturated heterocycles. The molecule has 4 nitrogen and oxygen atoms in total. The molecule has 5 heteroatoms. The summed E-state index contributed by atoms with van der Waals surface area (Å²) in [7, 11) is 0. The number of benzene rings is 1. The highest BCUT2D eigenvalue weighted by Gasteiger charge is 2.18. The van der Waals surface area contributed by atoms with Gasteiger partial charge in [0.2, 0.25) is 0 Å². The minimum Gasteiger partial charge on any atom is -0.322 e. The van der Waals surface area contributed by atoms with Crippen molar-refractivity contribution < 1.29 is 0 Å². The van der Waals surface area contributed by atoms with Gasteiger partial charge in [0.1, 0.15) is 0 Å². The maximum Gasteiger partial charge on any atom is 0.252 e. The number of aromatic amines is 1. The Morgan fingerprint density at radius 2 is 2.26 bits per heavy atom. The second kappa shape index (κ2) is 7.47. The molecule has 0 radical (unpaired) electrons. The fourth-order valence-corrected chi connectivity index (χ4v) is 3.54. The number of hydrogen-bond donors (Lipinski definition) is 2. The van der Waals surface area contributed by atoms with Gasteiger partial charge < -0.3 is 15.2 Å². The fourth-order valence-electron chi connectivity index (χ4n) is 3.37. The van der Waals surface area contributed by atoms with Crippen molar-refractivity contribution >= 4 is 22.5 Å². The van der Waals surface area contributed by atoms with E-state index in [2.05, 4.69) is 22.1 Å². The molecule has 2 heterocycles. The highest BCUT2D eigenvalue weighted by molar-refractivity contribution is 6.31. The first kappa shape index (κ1) is 16.5. The van der Waals surface area contributed by atoms with Crippen molar-refractivity contribution in [1.82, 2.24) is 15.2 Å². The van der Waals surface area contributed by atoms with Gasteiger partial charge in [-0.05, 0) is 62.0 Å². The summed E-state index contributed by atoms with van der Waals surface area (Å²) in [6.45, 7) is 7.31. The second-order valence-electron chi connectivity index (χ2n) is 6.39. The van der Waals surface area contributed by atoms with Crippen LogP contribution in [-0.2, 0) is 6.54 Å². The Bertz CT molecular complexity index is 728. The van der Waals surface area contributed by atoms with Crippen LogP contribution in [0.25, 0.3) is 10.9 Å². The summed E-state index contributed by atoms with van der Waals surface area (Å²) in [5, 5.41) is 5.11. The van der Waals surface area contributed by atoms with Gasteiger partial charge in [-0.15, -0.1) is 0 Å². The van der Waals surface area contributed by atoms with Gasteiger partial charge in [0.05, 0.1) is 0 Å². The predicted molar refractivity (Wildman–Crippen MR) is 96.1 cm³/mol. The molecule has 23 heavy (non-hydrogen) atoms. The highest BCUT2D eigenvalue weighted by Crippen LogP contribution is 2.17. The lowest BCUT2D eigenvalue weighted by Gasteiger charge is -2.31. The maximum absolute atomic E-state index is 12.2. The number of hydrogen-bond acceptors (Lipinski definition) is 3. The van der Waals surface area contributed by atoms with Crippen molar-refractivity contribution in [3.05, 3.63) is 45.2 Å². The molecule has 0 amide bonds. The minimum absolute atomic E-state index is 0.0360. The van der Waals surface area contributed by atoms with E-state index in [-0.39, 0.29) is 5.56 Å². The van der Waals surface area contributed by atoms with E-state index in [1.54, 1.807) is 6.07 Å². The molecule has 0 saturated carbocycles. The van der Waals surface area contributed by atoms with E-state index in [0.29, 0.717) is 17.5 Å². The second-order valence-corrected chi connectivity index (χ2v) is 6.82. The molecule has 1 aliphatic rings. The molecule has 0 aliphatic carbocycles. The lowest BCUT2D eigenvalue weighted by molar-refractivity contribution is 0.180. The Balaban J connectivity index is 1.62. The van der Waals surface area contributed by atoms with Crippen LogP contribution in [0.5, 0.6) is 0 Å². The van der Waals surface area contributed by atoms with Gasteiger partial charge in [-0.3, -0.25) is 4.79 Å². The molecular formula is C18H24ClN3O. The van der Waals surface area contributed by atoms with Crippen LogP contribution in [0, 0.1) is 5.92 Å². The normalized spacial score (nSPS) is 19.3. The van der Waals surface area contributed by atoms with E-state index in [4.69, 9.17) is 11.6 Å². The van der Waals surface area contributed by atoms with Gasteiger partial charge in [-0.2, -0.15) is 0 Å². The summed E-state index contributed by atoms with van der Waals surface area (Å²) in [4.78, 5) is 17.6. The molecule has 1 fully saturated rings. The number of piperidine rings is 1. The summed E-state index contributed by atoms with van der Waals surface area (Å²) in [5.74, 6) is 0.682. The number of nitrogens with one attached hydrogen (secondary N) is 2. The lowest BCUT2D eigenvalue weighted by Crippen LogP contribution is -2.39. The topological polar surface area (TPSA) is 48.1 Å². The molecule has 124 valence electrons. The van der Waals surface area contributed by atoms with Crippen molar-refractivity contribution in [2.75, 3.05) is 26.2 Å². The Labute approximate surface area is 141 Å². The number of nitrogens with zero attached hydrogens (tertiary/aromatic N) is 1. The molecule has 1 atom stereocenters. The molecule has 1 aromatic carbocycles. The quantitative estimate of drug-likeness (QED) is 0.884. The first-order chi connectivity index (χ1) is 11.2. The van der Waals surface area contributed by atoms with E-state index < -0.39 is 0 Å². The van der Waals surface area contributed by atoms with E-state index in [9.17, 15) is 4.79 Å². The van der Waals surface area contributed by atoms with E-state index in [0.717, 1.165) is 36.1 Å². The average molecular weight is 334 g/mol. The zero-order valence-electron chi connectivity index (χ0n) is 13.6. The van der Waals surface area contributed by atoms with Gasteiger partial charge in [0.25, 0.3) is 5.56 Å². The number of likely N-dealkylation sites (tertiary alicyclic amines) is 1. The molecule has 1 unspecified atom stereocenters. The Kier molecular flexibility index (Phi) is 5.36. The maximum atomic E-state index is 12.2. The third-order valence-electron chi connectivity index (χ3n) is 4.68. The molecule has 1 aromatic heterocycles. The standard InChI is InChI=1S/C18H24ClN3O/c1-2-22-7-3-4-13(12-22)10-20-11-15-8-14-5-6-16(19)9-17(14)21-18(15)23/h5-6,8-9,13,20H,2-4,7,10-12H2,1H3,(H,21,23). The van der Waals surface area contributed by atoms with Crippen molar-refractivity contribution in [3.63, 3.8) is 0 Å². The molecule has 1 aliphatic heterocycles. The zero-order valence-corrected chi connectivity index (χ0v) is 14.3. The number of halogens is 1. The number of pyridine rings is 1. The predicted octanol–water partition coefficient (Wildman–Crippen LogP) is 3.00. The zero-order chi connectivity index (χ0) is 16.2. The summed E-state index contributed by atoms with van der Waals surface area (Å²) in [5.41, 5.74) is 1.53. The molecule has 0 bridgehead atoms. The molecule has 0 spiro atoms. The Hall–Kier alpha value is -1.36. The summed E-state index contributed by atoms with van der Waals surface area (Å²) < 4.78 is 0. The first-order valence-corrected chi connectivity index (χ1v) is 8.78. The van der Waals surface area contributed by atoms with Crippen molar-refractivity contribution in [2.45, 2.75) is 26.3 Å². The van der Waals surface area contributed by atoms with Crippen molar-refractivity contribution in [2.24, 2.45) is 5.92 Å². The van der Waals surface area contributed by atoms with Crippen LogP contribution >= 0.6 is 11.6 Å². The van der Waals surface area contributed by atoms with Gasteiger partial charge in [-0.1, -0.05) is 24.6 Å². The Morgan fingerprint density at radius 3 is 3.09 bits per heavy atom. The Morgan fingerprint density at radius 1 is 1.39 bits per heavy atom. The minimum atomic E-state index is -0.0360. The van der Waals surface area contributed by atoms with Gasteiger partial charge in [0, 0.05) is 29.2 Å². The van der Waals surface area contributed by atoms with Gasteiger partial charge in [-0.25, -0.2) is 0 Å². The van der Waals surface area contributed by atoms with Crippen LogP contribution < -0.4 is 10.9 Å². The van der Waals surface area contributed by atoms with Crippen molar-refractivity contribution in [1.29, 1.82) is 0 Å². The molecule has 3 rings (SSSR count). The van der Waals surface area contributed by atoms with Crippen LogP contribution in [0.4, 0.5) is 0 Å². The lowest BCUT2D eigenvalue weighted by atomic mass is 9.98. The van der Waals surface area contributed by atoms with Crippen molar-refractivity contribution in [3.8, 4) is 0 Å². The third-order valence-corrected chi connectivity index (χ3v) is 4.92. The first-order valence-electron chi connectivity index (χ1n) is 8.40.